The number of rotatable bonds is 8. The summed E-state index contributed by atoms with van der Waals surface area (Å²) in [6.45, 7) is 6.13. The average molecular weight is 680 g/mol. The van der Waals surface area contributed by atoms with Gasteiger partial charge in [0.15, 0.2) is 0 Å². The van der Waals surface area contributed by atoms with E-state index in [1.807, 2.05) is 51.1 Å². The van der Waals surface area contributed by atoms with Crippen LogP contribution in [0.5, 0.6) is 5.75 Å². The van der Waals surface area contributed by atoms with Gasteiger partial charge in [-0.25, -0.2) is 13.6 Å². The van der Waals surface area contributed by atoms with E-state index in [1.54, 1.807) is 24.1 Å². The summed E-state index contributed by atoms with van der Waals surface area (Å²) in [5.74, 6) is -1.11. The van der Waals surface area contributed by atoms with Crippen LogP contribution in [0.25, 0.3) is 21.2 Å². The predicted octanol–water partition coefficient (Wildman–Crippen LogP) is 9.36. The first-order valence-electron chi connectivity index (χ1n) is 15.4. The molecule has 0 saturated heterocycles. The molecule has 0 aliphatic heterocycles. The minimum absolute atomic E-state index is 0.0154. The fraction of sp³-hybridized carbons (Fsp3) is 0.361. The van der Waals surface area contributed by atoms with Crippen molar-refractivity contribution in [3.8, 4) is 22.9 Å². The van der Waals surface area contributed by atoms with Gasteiger partial charge in [-0.3, -0.25) is 4.79 Å². The third kappa shape index (κ3) is 7.21. The quantitative estimate of drug-likeness (QED) is 0.200. The highest BCUT2D eigenvalue weighted by molar-refractivity contribution is 7.21. The molecule has 0 atom stereocenters. The van der Waals surface area contributed by atoms with E-state index < -0.39 is 29.2 Å². The molecule has 4 aromatic rings. The van der Waals surface area contributed by atoms with Crippen LogP contribution in [0, 0.1) is 28.9 Å². The van der Waals surface area contributed by atoms with E-state index in [-0.39, 0.29) is 38.5 Å². The van der Waals surface area contributed by atoms with Crippen LogP contribution in [-0.4, -0.2) is 52.1 Å². The smallest absolute Gasteiger partial charge is 0.407 e. The molecule has 3 aromatic carbocycles. The second-order valence-electron chi connectivity index (χ2n) is 12.9. The molecule has 1 aromatic heterocycles. The van der Waals surface area contributed by atoms with Gasteiger partial charge in [0.25, 0.3) is 5.91 Å². The fourth-order valence-corrected chi connectivity index (χ4v) is 7.78. The Morgan fingerprint density at radius 3 is 2.23 bits per heavy atom. The molecular weight excluding hydrogens is 644 g/mol. The topological polar surface area (TPSA) is 93.9 Å². The van der Waals surface area contributed by atoms with E-state index in [2.05, 4.69) is 6.07 Å². The van der Waals surface area contributed by atoms with Gasteiger partial charge in [-0.1, -0.05) is 29.8 Å². The van der Waals surface area contributed by atoms with Gasteiger partial charge < -0.3 is 19.6 Å². The lowest BCUT2D eigenvalue weighted by Gasteiger charge is -2.40. The van der Waals surface area contributed by atoms with Gasteiger partial charge in [0.05, 0.1) is 33.9 Å². The molecule has 1 fully saturated rings. The lowest BCUT2D eigenvalue weighted by Crippen LogP contribution is -2.48. The number of benzene rings is 3. The molecule has 5 rings (SSSR count). The number of carbonyl (C=O) groups excluding carboxylic acids is 1. The standard InChI is InChI=1S/C36H36ClF2N3O4S/c1-36(2,3)42(35(44)45)19-22-7-12-26(13-8-22)41(34(43)33-31(37)30-27(38)14-15-28(39)32(30)47-33)20-25-17-24(11-16-29(25)46-4)23-9-5-21(18-40)6-10-23/h5-6,9-11,14-17,22,26H,7-8,12-13,19-20H2,1-4H3,(H,44,45). The summed E-state index contributed by atoms with van der Waals surface area (Å²) in [7, 11) is 1.55. The number of methoxy groups -OCH3 is 1. The number of nitriles is 1. The lowest BCUT2D eigenvalue weighted by molar-refractivity contribution is 0.0535. The van der Waals surface area contributed by atoms with Crippen LogP contribution in [0.3, 0.4) is 0 Å². The Hall–Kier alpha value is -4.20. The van der Waals surface area contributed by atoms with E-state index in [0.29, 0.717) is 43.5 Å². The van der Waals surface area contributed by atoms with Gasteiger partial charge >= 0.3 is 6.09 Å². The first kappa shape index (κ1) is 34.1. The summed E-state index contributed by atoms with van der Waals surface area (Å²) >= 11 is 7.44. The van der Waals surface area contributed by atoms with E-state index in [9.17, 15) is 28.7 Å². The van der Waals surface area contributed by atoms with Gasteiger partial charge in [0, 0.05) is 30.2 Å². The minimum atomic E-state index is -0.968. The van der Waals surface area contributed by atoms with Crippen LogP contribution in [-0.2, 0) is 6.54 Å². The summed E-state index contributed by atoms with van der Waals surface area (Å²) in [6.07, 6.45) is 1.64. The van der Waals surface area contributed by atoms with Crippen LogP contribution >= 0.6 is 22.9 Å². The van der Waals surface area contributed by atoms with E-state index in [4.69, 9.17) is 16.3 Å². The van der Waals surface area contributed by atoms with Crippen molar-refractivity contribution in [3.63, 3.8) is 0 Å². The van der Waals surface area contributed by atoms with E-state index in [1.165, 1.54) is 4.90 Å². The van der Waals surface area contributed by atoms with Gasteiger partial charge in [0.2, 0.25) is 0 Å². The molecule has 1 aliphatic carbocycles. The number of carboxylic acid groups (broad SMARTS) is 1. The Labute approximate surface area is 281 Å². The van der Waals surface area contributed by atoms with Crippen LogP contribution in [0.4, 0.5) is 13.6 Å². The number of halogens is 3. The second-order valence-corrected chi connectivity index (χ2v) is 14.3. The van der Waals surface area contributed by atoms with Gasteiger partial charge in [0.1, 0.15) is 22.3 Å². The molecule has 0 bridgehead atoms. The maximum absolute atomic E-state index is 14.8. The van der Waals surface area contributed by atoms with Gasteiger partial charge in [-0.2, -0.15) is 5.26 Å². The van der Waals surface area contributed by atoms with Gasteiger partial charge in [-0.15, -0.1) is 11.3 Å². The summed E-state index contributed by atoms with van der Waals surface area (Å²) in [4.78, 5) is 29.6. The number of hydrogen-bond donors (Lipinski definition) is 1. The molecule has 0 unspecified atom stereocenters. The zero-order valence-electron chi connectivity index (χ0n) is 26.6. The predicted molar refractivity (Wildman–Crippen MR) is 180 cm³/mol. The number of nitrogens with zero attached hydrogens (tertiary/aromatic N) is 3. The first-order chi connectivity index (χ1) is 22.3. The lowest BCUT2D eigenvalue weighted by atomic mass is 9.84. The van der Waals surface area contributed by atoms with Crippen molar-refractivity contribution in [2.24, 2.45) is 5.92 Å². The van der Waals surface area contributed by atoms with Crippen molar-refractivity contribution < 1.29 is 28.2 Å². The fourth-order valence-electron chi connectivity index (χ4n) is 6.27. The number of hydrogen-bond acceptors (Lipinski definition) is 5. The van der Waals surface area contributed by atoms with Crippen LogP contribution < -0.4 is 4.74 Å². The molecule has 0 radical (unpaired) electrons. The zero-order chi connectivity index (χ0) is 34.0. The summed E-state index contributed by atoms with van der Waals surface area (Å²) in [6, 6.07) is 16.7. The highest BCUT2D eigenvalue weighted by atomic mass is 35.5. The zero-order valence-corrected chi connectivity index (χ0v) is 28.2. The SMILES string of the molecule is COc1ccc(-c2ccc(C#N)cc2)cc1CN(C(=O)c1sc2c(F)ccc(F)c2c1Cl)C1CCC(CN(C(=O)O)C(C)(C)C)CC1. The average Bonchev–Trinajstić information content (AvgIpc) is 3.41. The minimum Gasteiger partial charge on any atom is -0.496 e. The molecule has 1 N–H and O–H groups in total. The Kier molecular flexibility index (Phi) is 10.1. The van der Waals surface area contributed by atoms with Crippen molar-refractivity contribution >= 4 is 45.0 Å². The highest BCUT2D eigenvalue weighted by Crippen LogP contribution is 2.41. The third-order valence-corrected chi connectivity index (χ3v) is 10.5. The molecule has 0 spiro atoms. The molecule has 11 heteroatoms. The summed E-state index contributed by atoms with van der Waals surface area (Å²) in [5.41, 5.74) is 2.46. The summed E-state index contributed by atoms with van der Waals surface area (Å²) < 4.78 is 35.2. The molecule has 2 amide bonds. The van der Waals surface area contributed by atoms with Crippen molar-refractivity contribution in [2.75, 3.05) is 13.7 Å². The van der Waals surface area contributed by atoms with E-state index in [0.717, 1.165) is 40.2 Å². The number of amides is 2. The van der Waals surface area contributed by atoms with E-state index >= 15 is 0 Å². The Morgan fingerprint density at radius 1 is 1.02 bits per heavy atom. The number of ether oxygens (including phenoxy) is 1. The van der Waals surface area contributed by atoms with Crippen molar-refractivity contribution in [1.29, 1.82) is 5.26 Å². The van der Waals surface area contributed by atoms with Crippen molar-refractivity contribution in [3.05, 3.63) is 87.3 Å². The van der Waals surface area contributed by atoms with Crippen LogP contribution in [0.1, 0.15) is 67.3 Å². The highest BCUT2D eigenvalue weighted by Gasteiger charge is 2.35. The molecular formula is C36H36ClF2N3O4S. The Balaban J connectivity index is 1.50. The maximum Gasteiger partial charge on any atom is 0.407 e. The second kappa shape index (κ2) is 13.9. The van der Waals surface area contributed by atoms with Crippen LogP contribution in [0.15, 0.2) is 54.6 Å². The monoisotopic (exact) mass is 679 g/mol. The Morgan fingerprint density at radius 2 is 1.66 bits per heavy atom. The normalized spacial score (nSPS) is 16.5. The number of fused-ring (bicyclic) bond motifs is 1. The largest absolute Gasteiger partial charge is 0.496 e. The van der Waals surface area contributed by atoms with Crippen molar-refractivity contribution in [2.45, 2.75) is 64.6 Å². The number of thiophene rings is 1. The Bertz CT molecular complexity index is 1840. The van der Waals surface area contributed by atoms with Crippen molar-refractivity contribution in [1.82, 2.24) is 9.80 Å². The molecule has 7 nitrogen and oxygen atoms in total. The molecule has 1 saturated carbocycles. The summed E-state index contributed by atoms with van der Waals surface area (Å²) in [5, 5.41) is 18.8. The maximum atomic E-state index is 14.8. The molecule has 1 aliphatic rings. The number of carbonyl (C=O) groups is 2. The molecule has 246 valence electrons. The van der Waals surface area contributed by atoms with Crippen LogP contribution in [0.2, 0.25) is 5.02 Å². The third-order valence-electron chi connectivity index (χ3n) is 8.84. The van der Waals surface area contributed by atoms with Gasteiger partial charge in [-0.05, 0) is 99.9 Å². The first-order valence-corrected chi connectivity index (χ1v) is 16.6. The molecule has 47 heavy (non-hydrogen) atoms. The molecule has 1 heterocycles.